The van der Waals surface area contributed by atoms with Crippen LogP contribution < -0.4 is 5.32 Å². The van der Waals surface area contributed by atoms with Crippen molar-refractivity contribution in [2.45, 2.75) is 31.9 Å². The summed E-state index contributed by atoms with van der Waals surface area (Å²) in [6.07, 6.45) is 1.78. The van der Waals surface area contributed by atoms with E-state index in [1.54, 1.807) is 11.9 Å². The highest BCUT2D eigenvalue weighted by Crippen LogP contribution is 2.21. The van der Waals surface area contributed by atoms with Gasteiger partial charge in [-0.25, -0.2) is 4.79 Å². The number of likely N-dealkylation sites (tertiary alicyclic amines) is 1. The van der Waals surface area contributed by atoms with Crippen LogP contribution in [0.3, 0.4) is 0 Å². The van der Waals surface area contributed by atoms with E-state index in [0.29, 0.717) is 13.0 Å². The molecule has 0 aliphatic carbocycles. The molecule has 0 radical (unpaired) electrons. The minimum Gasteiger partial charge on any atom is -0.445 e. The molecule has 1 aliphatic heterocycles. The predicted octanol–water partition coefficient (Wildman–Crippen LogP) is 1.92. The molecule has 0 saturated carbocycles. The molecular weight excluding hydrogens is 256 g/mol. The van der Waals surface area contributed by atoms with E-state index in [9.17, 15) is 9.59 Å². The fourth-order valence-electron chi connectivity index (χ4n) is 2.41. The fourth-order valence-corrected chi connectivity index (χ4v) is 2.41. The van der Waals surface area contributed by atoms with Crippen LogP contribution in [0, 0.1) is 0 Å². The van der Waals surface area contributed by atoms with Crippen molar-refractivity contribution >= 4 is 12.0 Å². The molecular formula is C15H20N2O3. The first kappa shape index (κ1) is 14.4. The Morgan fingerprint density at radius 3 is 2.80 bits per heavy atom. The summed E-state index contributed by atoms with van der Waals surface area (Å²) in [6, 6.07) is 9.53. The molecule has 1 saturated heterocycles. The van der Waals surface area contributed by atoms with E-state index < -0.39 is 0 Å². The van der Waals surface area contributed by atoms with Gasteiger partial charge >= 0.3 is 6.09 Å². The summed E-state index contributed by atoms with van der Waals surface area (Å²) in [5.41, 5.74) is 0.961. The molecule has 1 aliphatic rings. The summed E-state index contributed by atoms with van der Waals surface area (Å²) in [4.78, 5) is 25.2. The number of carbonyl (C=O) groups is 2. The van der Waals surface area contributed by atoms with Crippen LogP contribution in [-0.2, 0) is 16.1 Å². The van der Waals surface area contributed by atoms with Gasteiger partial charge in [0.2, 0.25) is 5.91 Å². The molecule has 1 aromatic carbocycles. The average Bonchev–Trinajstić information content (AvgIpc) is 2.94. The summed E-state index contributed by atoms with van der Waals surface area (Å²) in [7, 11) is 1.61. The second kappa shape index (κ2) is 6.93. The normalized spacial score (nSPS) is 17.9. The number of rotatable bonds is 4. The molecule has 1 N–H and O–H groups in total. The number of nitrogens with zero attached hydrogens (tertiary/aromatic N) is 1. The Balaban J connectivity index is 1.86. The smallest absolute Gasteiger partial charge is 0.410 e. The number of hydrogen-bond acceptors (Lipinski definition) is 3. The third kappa shape index (κ3) is 3.73. The Labute approximate surface area is 118 Å². The van der Waals surface area contributed by atoms with Gasteiger partial charge in [0.25, 0.3) is 0 Å². The summed E-state index contributed by atoms with van der Waals surface area (Å²) >= 11 is 0. The van der Waals surface area contributed by atoms with Crippen molar-refractivity contribution in [3.63, 3.8) is 0 Å². The van der Waals surface area contributed by atoms with Crippen molar-refractivity contribution in [1.29, 1.82) is 0 Å². The van der Waals surface area contributed by atoms with Crippen molar-refractivity contribution in [3.8, 4) is 0 Å². The van der Waals surface area contributed by atoms with Gasteiger partial charge in [0, 0.05) is 26.1 Å². The van der Waals surface area contributed by atoms with Gasteiger partial charge in [-0.3, -0.25) is 4.79 Å². The molecule has 5 nitrogen and oxygen atoms in total. The van der Waals surface area contributed by atoms with Gasteiger partial charge in [-0.1, -0.05) is 30.3 Å². The van der Waals surface area contributed by atoms with Crippen LogP contribution in [0.15, 0.2) is 30.3 Å². The molecule has 1 fully saturated rings. The second-order valence-electron chi connectivity index (χ2n) is 4.91. The first-order chi connectivity index (χ1) is 9.70. The topological polar surface area (TPSA) is 58.6 Å². The van der Waals surface area contributed by atoms with Crippen LogP contribution in [0.4, 0.5) is 4.79 Å². The molecule has 0 unspecified atom stereocenters. The van der Waals surface area contributed by atoms with E-state index >= 15 is 0 Å². The highest BCUT2D eigenvalue weighted by atomic mass is 16.6. The SMILES string of the molecule is CNC(=O)C[C@@H]1CCCN1C(=O)OCc1ccccc1. The Bertz CT molecular complexity index is 461. The maximum atomic E-state index is 12.1. The van der Waals surface area contributed by atoms with Crippen LogP contribution in [0.5, 0.6) is 0 Å². The predicted molar refractivity (Wildman–Crippen MR) is 75.0 cm³/mol. The van der Waals surface area contributed by atoms with Crippen molar-refractivity contribution in [2.75, 3.05) is 13.6 Å². The first-order valence-corrected chi connectivity index (χ1v) is 6.88. The van der Waals surface area contributed by atoms with E-state index in [-0.39, 0.29) is 24.6 Å². The van der Waals surface area contributed by atoms with E-state index in [2.05, 4.69) is 5.32 Å². The highest BCUT2D eigenvalue weighted by molar-refractivity contribution is 5.77. The number of benzene rings is 1. The molecule has 108 valence electrons. The zero-order valence-electron chi connectivity index (χ0n) is 11.7. The van der Waals surface area contributed by atoms with Gasteiger partial charge in [0.15, 0.2) is 0 Å². The van der Waals surface area contributed by atoms with Crippen LogP contribution in [0.1, 0.15) is 24.8 Å². The number of hydrogen-bond donors (Lipinski definition) is 1. The molecule has 0 bridgehead atoms. The third-order valence-electron chi connectivity index (χ3n) is 3.52. The van der Waals surface area contributed by atoms with Gasteiger partial charge in [0.05, 0.1) is 0 Å². The molecule has 20 heavy (non-hydrogen) atoms. The summed E-state index contributed by atoms with van der Waals surface area (Å²) in [6.45, 7) is 0.929. The van der Waals surface area contributed by atoms with Crippen molar-refractivity contribution < 1.29 is 14.3 Å². The Kier molecular flexibility index (Phi) is 4.98. The zero-order chi connectivity index (χ0) is 14.4. The summed E-state index contributed by atoms with van der Waals surface area (Å²) < 4.78 is 5.31. The van der Waals surface area contributed by atoms with E-state index in [1.807, 2.05) is 30.3 Å². The first-order valence-electron chi connectivity index (χ1n) is 6.88. The molecule has 1 aromatic rings. The minimum absolute atomic E-state index is 0.0433. The molecule has 1 heterocycles. The van der Waals surface area contributed by atoms with Gasteiger partial charge in [-0.05, 0) is 18.4 Å². The molecule has 0 spiro atoms. The quantitative estimate of drug-likeness (QED) is 0.914. The second-order valence-corrected chi connectivity index (χ2v) is 4.91. The monoisotopic (exact) mass is 276 g/mol. The lowest BCUT2D eigenvalue weighted by atomic mass is 10.1. The van der Waals surface area contributed by atoms with E-state index in [0.717, 1.165) is 18.4 Å². The molecule has 0 aromatic heterocycles. The molecule has 2 amide bonds. The summed E-state index contributed by atoms with van der Waals surface area (Å²) in [5, 5.41) is 2.59. The third-order valence-corrected chi connectivity index (χ3v) is 3.52. The van der Waals surface area contributed by atoms with E-state index in [1.165, 1.54) is 0 Å². The largest absolute Gasteiger partial charge is 0.445 e. The highest BCUT2D eigenvalue weighted by Gasteiger charge is 2.31. The number of carbonyl (C=O) groups excluding carboxylic acids is 2. The van der Waals surface area contributed by atoms with E-state index in [4.69, 9.17) is 4.74 Å². The van der Waals surface area contributed by atoms with Crippen molar-refractivity contribution in [1.82, 2.24) is 10.2 Å². The fraction of sp³-hybridized carbons (Fsp3) is 0.467. The lowest BCUT2D eigenvalue weighted by Gasteiger charge is -2.23. The van der Waals surface area contributed by atoms with Gasteiger partial charge < -0.3 is 15.0 Å². The van der Waals surface area contributed by atoms with Crippen LogP contribution >= 0.6 is 0 Å². The Hall–Kier alpha value is -2.04. The van der Waals surface area contributed by atoms with Gasteiger partial charge in [0.1, 0.15) is 6.61 Å². The van der Waals surface area contributed by atoms with Crippen LogP contribution in [0.2, 0.25) is 0 Å². The molecule has 1 atom stereocenters. The van der Waals surface area contributed by atoms with Gasteiger partial charge in [-0.15, -0.1) is 0 Å². The average molecular weight is 276 g/mol. The minimum atomic E-state index is -0.333. The Morgan fingerprint density at radius 2 is 2.10 bits per heavy atom. The Morgan fingerprint density at radius 1 is 1.35 bits per heavy atom. The number of nitrogens with one attached hydrogen (secondary N) is 1. The molecule has 2 rings (SSSR count). The van der Waals surface area contributed by atoms with Crippen molar-refractivity contribution in [2.24, 2.45) is 0 Å². The zero-order valence-corrected chi connectivity index (χ0v) is 11.7. The molecule has 5 heteroatoms. The van der Waals surface area contributed by atoms with Crippen LogP contribution in [0.25, 0.3) is 0 Å². The standard InChI is InChI=1S/C15H20N2O3/c1-16-14(18)10-13-8-5-9-17(13)15(19)20-11-12-6-3-2-4-7-12/h2-4,6-7,13H,5,8-11H2,1H3,(H,16,18)/t13-/m0/s1. The van der Waals surface area contributed by atoms with Gasteiger partial charge in [-0.2, -0.15) is 0 Å². The lowest BCUT2D eigenvalue weighted by Crippen LogP contribution is -2.38. The van der Waals surface area contributed by atoms with Crippen molar-refractivity contribution in [3.05, 3.63) is 35.9 Å². The number of ether oxygens (including phenoxy) is 1. The lowest BCUT2D eigenvalue weighted by molar-refractivity contribution is -0.121. The summed E-state index contributed by atoms with van der Waals surface area (Å²) in [5.74, 6) is -0.0437. The number of amides is 2. The maximum Gasteiger partial charge on any atom is 0.410 e. The maximum absolute atomic E-state index is 12.1. The van der Waals surface area contributed by atoms with Crippen LogP contribution in [-0.4, -0.2) is 36.5 Å².